The lowest BCUT2D eigenvalue weighted by Gasteiger charge is -2.27. The number of nitrogens with two attached hydrogens (primary N) is 4. The number of amides is 6. The highest BCUT2D eigenvalue weighted by atomic mass is 16.5. The Kier molecular flexibility index (Phi) is 22.3. The molecule has 0 spiro atoms. The van der Waals surface area contributed by atoms with E-state index in [4.69, 9.17) is 27.7 Å². The van der Waals surface area contributed by atoms with Crippen molar-refractivity contribution in [1.29, 1.82) is 0 Å². The summed E-state index contributed by atoms with van der Waals surface area (Å²) in [5.74, 6) is -3.04. The van der Waals surface area contributed by atoms with Crippen LogP contribution in [-0.2, 0) is 35.2 Å². The summed E-state index contributed by atoms with van der Waals surface area (Å²) in [6.45, 7) is 6.61. The molecule has 0 aliphatic carbocycles. The topological polar surface area (TPSA) is 276 Å². The molecule has 16 nitrogen and oxygen atoms in total. The van der Waals surface area contributed by atoms with Gasteiger partial charge in [-0.25, -0.2) is 0 Å². The van der Waals surface area contributed by atoms with Crippen LogP contribution >= 0.6 is 0 Å². The van der Waals surface area contributed by atoms with E-state index in [-0.39, 0.29) is 70.0 Å². The molecule has 0 radical (unpaired) electrons. The second kappa shape index (κ2) is 26.5. The van der Waals surface area contributed by atoms with Crippen LogP contribution in [0.5, 0.6) is 5.75 Å². The third-order valence-corrected chi connectivity index (χ3v) is 8.77. The van der Waals surface area contributed by atoms with Crippen LogP contribution in [0.15, 0.2) is 60.7 Å². The smallest absolute Gasteiger partial charge is 0.243 e. The van der Waals surface area contributed by atoms with Crippen LogP contribution in [0, 0.1) is 5.92 Å². The zero-order valence-electron chi connectivity index (χ0n) is 33.5. The molecule has 0 saturated heterocycles. The van der Waals surface area contributed by atoms with Crippen molar-refractivity contribution in [3.05, 3.63) is 71.8 Å². The molecule has 0 saturated carbocycles. The molecule has 0 unspecified atom stereocenters. The highest BCUT2D eigenvalue weighted by Crippen LogP contribution is 2.14. The number of ether oxygens (including phenoxy) is 1. The summed E-state index contributed by atoms with van der Waals surface area (Å²) in [5, 5.41) is 13.4. The monoisotopic (exact) mass is 793 g/mol. The molecule has 16 heteroatoms. The predicted octanol–water partition coefficient (Wildman–Crippen LogP) is 0.513. The Morgan fingerprint density at radius 2 is 1.18 bits per heavy atom. The number of rotatable bonds is 27. The van der Waals surface area contributed by atoms with Crippen molar-refractivity contribution in [3.8, 4) is 5.75 Å². The maximum atomic E-state index is 13.8. The van der Waals surface area contributed by atoms with Crippen LogP contribution < -0.4 is 54.3 Å². The maximum Gasteiger partial charge on any atom is 0.243 e. The van der Waals surface area contributed by atoms with Gasteiger partial charge in [0.15, 0.2) is 0 Å². The molecule has 2 aromatic carbocycles. The molecule has 0 aliphatic heterocycles. The summed E-state index contributed by atoms with van der Waals surface area (Å²) in [7, 11) is 0. The molecular weight excluding hydrogens is 731 g/mol. The van der Waals surface area contributed by atoms with Gasteiger partial charge in [0.1, 0.15) is 36.0 Å². The van der Waals surface area contributed by atoms with Crippen molar-refractivity contribution in [3.63, 3.8) is 0 Å². The lowest BCUT2D eigenvalue weighted by molar-refractivity contribution is -0.135. The molecule has 13 N–H and O–H groups in total. The minimum atomic E-state index is -1.15. The van der Waals surface area contributed by atoms with Gasteiger partial charge in [-0.05, 0) is 87.3 Å². The van der Waals surface area contributed by atoms with E-state index >= 15 is 0 Å². The lowest BCUT2D eigenvalue weighted by Crippen LogP contribution is -2.60. The number of benzene rings is 2. The molecular formula is C41H63N9O7. The van der Waals surface area contributed by atoms with E-state index in [0.29, 0.717) is 13.0 Å². The van der Waals surface area contributed by atoms with E-state index in [1.165, 1.54) is 0 Å². The second-order valence-electron chi connectivity index (χ2n) is 14.2. The van der Waals surface area contributed by atoms with Crippen molar-refractivity contribution >= 4 is 41.5 Å². The Morgan fingerprint density at radius 1 is 0.667 bits per heavy atom. The number of carbonyl (C=O) groups excluding carboxylic acids is 6. The van der Waals surface area contributed by atoms with Crippen molar-refractivity contribution in [2.45, 2.75) is 102 Å². The SMILES string of the molecule is CCCOc1ccc(/C=C/CCC(=O)N[C@H](CCN)C(=O)N[C@@H](CCN)C(=O)N[C@@H](CC(C)C)C(=O)N[C@H](Cc2ccccc2)C(=O)N[C@@H](CCN)C(N)=O)cc1. The van der Waals surface area contributed by atoms with Crippen molar-refractivity contribution in [2.24, 2.45) is 28.9 Å². The van der Waals surface area contributed by atoms with Crippen molar-refractivity contribution < 1.29 is 33.5 Å². The number of carbonyl (C=O) groups is 6. The Balaban J connectivity index is 2.12. The van der Waals surface area contributed by atoms with Gasteiger partial charge >= 0.3 is 0 Å². The number of allylic oxidation sites excluding steroid dienone is 1. The molecule has 314 valence electrons. The second-order valence-corrected chi connectivity index (χ2v) is 14.2. The highest BCUT2D eigenvalue weighted by molar-refractivity contribution is 5.96. The Hall–Kier alpha value is -5.32. The van der Waals surface area contributed by atoms with E-state index < -0.39 is 59.7 Å². The van der Waals surface area contributed by atoms with Gasteiger partial charge in [0.05, 0.1) is 6.61 Å². The molecule has 0 aromatic heterocycles. The first kappa shape index (κ1) is 47.8. The zero-order chi connectivity index (χ0) is 42.2. The Morgan fingerprint density at radius 3 is 1.74 bits per heavy atom. The van der Waals surface area contributed by atoms with Crippen LogP contribution in [0.1, 0.15) is 76.8 Å². The van der Waals surface area contributed by atoms with Crippen LogP contribution in [0.25, 0.3) is 6.08 Å². The summed E-state index contributed by atoms with van der Waals surface area (Å²) < 4.78 is 5.60. The first-order chi connectivity index (χ1) is 27.3. The molecule has 0 heterocycles. The summed E-state index contributed by atoms with van der Waals surface area (Å²) >= 11 is 0. The van der Waals surface area contributed by atoms with Gasteiger partial charge < -0.3 is 54.3 Å². The standard InChI is InChI=1S/C41H63N9O7/c1-4-24-57-30-16-14-28(15-17-30)10-8-9-13-36(51)46-32(19-22-43)38(53)48-33(20-23-44)39(54)49-34(25-27(2)3)40(55)50-35(26-29-11-6-5-7-12-29)41(56)47-31(18-21-42)37(45)52/h5-8,10-12,14-17,27,31-35H,4,9,13,18-26,42-44H2,1-3H3,(H2,45,52)(H,46,51)(H,47,56)(H,48,53)(H,49,54)(H,50,55)/b10-8+/t31-,32+,33-,34-,35+/m0/s1. The van der Waals surface area contributed by atoms with E-state index in [9.17, 15) is 28.8 Å². The van der Waals surface area contributed by atoms with Crippen LogP contribution in [0.2, 0.25) is 0 Å². The average Bonchev–Trinajstić information content (AvgIpc) is 3.18. The molecule has 0 bridgehead atoms. The van der Waals surface area contributed by atoms with Gasteiger partial charge in [-0.15, -0.1) is 0 Å². The Bertz CT molecular complexity index is 1590. The van der Waals surface area contributed by atoms with E-state index in [2.05, 4.69) is 26.6 Å². The van der Waals surface area contributed by atoms with Crippen molar-refractivity contribution in [1.82, 2.24) is 26.6 Å². The highest BCUT2D eigenvalue weighted by Gasteiger charge is 2.32. The molecule has 2 rings (SSSR count). The van der Waals surface area contributed by atoms with Crippen LogP contribution in [0.3, 0.4) is 0 Å². The third-order valence-electron chi connectivity index (χ3n) is 8.77. The number of hydrogen-bond donors (Lipinski definition) is 9. The van der Waals surface area contributed by atoms with Gasteiger partial charge in [-0.2, -0.15) is 0 Å². The maximum absolute atomic E-state index is 13.8. The minimum absolute atomic E-state index is 0.0251. The first-order valence-electron chi connectivity index (χ1n) is 19.6. The normalized spacial score (nSPS) is 13.8. The fourth-order valence-corrected chi connectivity index (χ4v) is 5.77. The Labute approximate surface area is 336 Å². The molecule has 5 atom stereocenters. The van der Waals surface area contributed by atoms with E-state index in [1.807, 2.05) is 63.3 Å². The van der Waals surface area contributed by atoms with Gasteiger partial charge in [-0.1, -0.05) is 75.4 Å². The molecule has 0 fully saturated rings. The van der Waals surface area contributed by atoms with Gasteiger partial charge in [0.2, 0.25) is 35.4 Å². The van der Waals surface area contributed by atoms with E-state index in [1.54, 1.807) is 24.3 Å². The van der Waals surface area contributed by atoms with Gasteiger partial charge in [0.25, 0.3) is 0 Å². The summed E-state index contributed by atoms with van der Waals surface area (Å²) in [5.41, 5.74) is 24.4. The largest absolute Gasteiger partial charge is 0.494 e. The fraction of sp³-hybridized carbons (Fsp3) is 0.512. The fourth-order valence-electron chi connectivity index (χ4n) is 5.77. The minimum Gasteiger partial charge on any atom is -0.494 e. The first-order valence-corrected chi connectivity index (χ1v) is 19.6. The summed E-state index contributed by atoms with van der Waals surface area (Å²) in [6.07, 6.45) is 5.72. The molecule has 57 heavy (non-hydrogen) atoms. The average molecular weight is 794 g/mol. The summed E-state index contributed by atoms with van der Waals surface area (Å²) in [4.78, 5) is 79.2. The number of primary amides is 1. The van der Waals surface area contributed by atoms with Crippen LogP contribution in [-0.4, -0.2) is 91.9 Å². The number of hydrogen-bond acceptors (Lipinski definition) is 10. The van der Waals surface area contributed by atoms with Gasteiger partial charge in [-0.3, -0.25) is 28.8 Å². The molecule has 6 amide bonds. The quantitative estimate of drug-likeness (QED) is 0.0605. The van der Waals surface area contributed by atoms with Crippen LogP contribution in [0.4, 0.5) is 0 Å². The third kappa shape index (κ3) is 18.5. The molecule has 2 aromatic rings. The van der Waals surface area contributed by atoms with E-state index in [0.717, 1.165) is 23.3 Å². The summed E-state index contributed by atoms with van der Waals surface area (Å²) in [6, 6.07) is 11.1. The number of nitrogens with one attached hydrogen (secondary N) is 5. The lowest BCUT2D eigenvalue weighted by atomic mass is 10.00. The van der Waals surface area contributed by atoms with Gasteiger partial charge in [0, 0.05) is 12.8 Å². The molecule has 0 aliphatic rings. The predicted molar refractivity (Wildman–Crippen MR) is 220 cm³/mol. The van der Waals surface area contributed by atoms with Crippen molar-refractivity contribution in [2.75, 3.05) is 26.2 Å². The zero-order valence-corrected chi connectivity index (χ0v) is 33.5.